The molecule has 0 saturated heterocycles. The molecule has 3 aromatic carbocycles. The van der Waals surface area contributed by atoms with Gasteiger partial charge in [-0.15, -0.1) is 0 Å². The number of benzene rings is 3. The number of aromatic hydroxyl groups is 2. The second-order valence-corrected chi connectivity index (χ2v) is 14.2. The Morgan fingerprint density at radius 1 is 1.08 bits per heavy atom. The lowest BCUT2D eigenvalue weighted by Crippen LogP contribution is -3.01. The first-order valence-corrected chi connectivity index (χ1v) is 16.9. The molecule has 52 heavy (non-hydrogen) atoms. The highest BCUT2D eigenvalue weighted by molar-refractivity contribution is 6.07. The van der Waals surface area contributed by atoms with E-state index in [9.17, 15) is 40.5 Å². The van der Waals surface area contributed by atoms with Crippen molar-refractivity contribution in [2.75, 3.05) is 19.8 Å². The molecule has 0 fully saturated rings. The zero-order chi connectivity index (χ0) is 37.1. The third kappa shape index (κ3) is 6.37. The average molecular weight is 718 g/mol. The van der Waals surface area contributed by atoms with E-state index in [1.165, 1.54) is 36.4 Å². The zero-order valence-electron chi connectivity index (χ0n) is 28.7. The Bertz CT molecular complexity index is 2210. The van der Waals surface area contributed by atoms with Crippen molar-refractivity contribution in [3.05, 3.63) is 93.6 Å². The summed E-state index contributed by atoms with van der Waals surface area (Å²) in [6, 6.07) is 10.3. The van der Waals surface area contributed by atoms with Crippen LogP contribution in [0.25, 0.3) is 21.7 Å². The fraction of sp³-hybridized carbons (Fsp3) is 0.368. The van der Waals surface area contributed by atoms with Crippen LogP contribution in [0.5, 0.6) is 17.2 Å². The van der Waals surface area contributed by atoms with Gasteiger partial charge in [0.15, 0.2) is 11.2 Å². The minimum absolute atomic E-state index is 0.0850. The molecule has 4 aromatic rings. The number of aliphatic hydroxyl groups excluding tert-OH is 4. The molecule has 0 amide bonds. The van der Waals surface area contributed by atoms with E-state index >= 15 is 0 Å². The van der Waals surface area contributed by atoms with Crippen molar-refractivity contribution >= 4 is 33.1 Å². The number of fused-ring (bicyclic) bond motifs is 4. The number of aliphatic imine (C=N–C) groups is 1. The number of ether oxygens (including phenoxy) is 1. The second-order valence-electron chi connectivity index (χ2n) is 14.2. The molecule has 274 valence electrons. The highest BCUT2D eigenvalue weighted by atomic mass is 17.2. The van der Waals surface area contributed by atoms with Crippen molar-refractivity contribution in [2.24, 2.45) is 4.99 Å². The third-order valence-corrected chi connectivity index (χ3v) is 10.1. The number of nitrogens with one attached hydrogen (secondary N) is 1. The summed E-state index contributed by atoms with van der Waals surface area (Å²) < 4.78 is 12.8. The lowest BCUT2D eigenvalue weighted by molar-refractivity contribution is -0.759. The molecule has 14 heteroatoms. The molecule has 0 spiro atoms. The first-order chi connectivity index (χ1) is 24.7. The van der Waals surface area contributed by atoms with Crippen LogP contribution in [0, 0.1) is 6.92 Å². The number of phenolic OH excluding ortho intramolecular Hbond substituents is 2. The van der Waals surface area contributed by atoms with E-state index in [4.69, 9.17) is 18.9 Å². The normalized spacial score (nSPS) is 21.9. The summed E-state index contributed by atoms with van der Waals surface area (Å²) in [6.45, 7) is 4.18. The first-order valence-electron chi connectivity index (χ1n) is 16.9. The van der Waals surface area contributed by atoms with Crippen LogP contribution in [-0.4, -0.2) is 96.8 Å². The summed E-state index contributed by atoms with van der Waals surface area (Å²) in [5.74, 6) is 0.783. The number of rotatable bonds is 11. The van der Waals surface area contributed by atoms with Gasteiger partial charge in [-0.1, -0.05) is 6.07 Å². The molecule has 7 rings (SSSR count). The highest BCUT2D eigenvalue weighted by Crippen LogP contribution is 2.43. The summed E-state index contributed by atoms with van der Waals surface area (Å²) in [4.78, 5) is 30.1. The molecule has 1 aromatic heterocycles. The van der Waals surface area contributed by atoms with Crippen LogP contribution in [0.4, 0.5) is 5.69 Å². The molecule has 0 bridgehead atoms. The Hall–Kier alpha value is -4.64. The van der Waals surface area contributed by atoms with Crippen LogP contribution < -0.4 is 15.1 Å². The van der Waals surface area contributed by atoms with E-state index in [2.05, 4.69) is 4.99 Å². The molecule has 6 atom stereocenters. The Balaban J connectivity index is 1.19. The van der Waals surface area contributed by atoms with Gasteiger partial charge in [-0.25, -0.2) is 9.78 Å². The first kappa shape index (κ1) is 35.7. The van der Waals surface area contributed by atoms with Crippen LogP contribution in [-0.2, 0) is 22.6 Å². The maximum atomic E-state index is 13.2. The second kappa shape index (κ2) is 13.4. The molecule has 3 aliphatic rings. The molecular weight excluding hydrogens is 676 g/mol. The Morgan fingerprint density at radius 3 is 2.62 bits per heavy atom. The van der Waals surface area contributed by atoms with Gasteiger partial charge in [0.05, 0.1) is 17.6 Å². The fourth-order valence-corrected chi connectivity index (χ4v) is 7.13. The SMILES string of the molecule is Cc1cc(=O)c2cc3c(c([NH+]4C=C5C=CN=C5C4)c2o1)OC(C)(C)[C@H](OOC[C@@](O)(Cc1ccc(O)c2ccc(O)cc12)[C@@H](O)[C@H](O)[C@H](O)CO)C3. The standard InChI is InChI=1S/C38H40N2O12/c1-19-10-29(44)26-11-22-12-31(37(2,3)51-34(22)32(35(26)50-19)40-15-21-8-9-39-27(21)16-40)52-49-18-38(48,36(47)33(46)30(45)17-41)14-20-4-7-28(43)24-6-5-23(42)13-25(20)24/h4-11,13,15,30-31,33,36,41-43,45-48H,12,14,16-18H2,1-3H3/p+1/t30-,31-,33-,36+,38+/m1/s1. The summed E-state index contributed by atoms with van der Waals surface area (Å²) in [7, 11) is 0. The van der Waals surface area contributed by atoms with Gasteiger partial charge in [-0.2, -0.15) is 0 Å². The van der Waals surface area contributed by atoms with E-state index in [1.54, 1.807) is 33.0 Å². The minimum atomic E-state index is -2.34. The van der Waals surface area contributed by atoms with Gasteiger partial charge in [0, 0.05) is 36.1 Å². The monoisotopic (exact) mass is 717 g/mol. The van der Waals surface area contributed by atoms with Crippen LogP contribution >= 0.6 is 0 Å². The van der Waals surface area contributed by atoms with Gasteiger partial charge in [-0.3, -0.25) is 14.7 Å². The predicted octanol–water partition coefficient (Wildman–Crippen LogP) is 1.13. The fourth-order valence-electron chi connectivity index (χ4n) is 7.13. The van der Waals surface area contributed by atoms with Gasteiger partial charge >= 0.3 is 0 Å². The van der Waals surface area contributed by atoms with E-state index in [-0.39, 0.29) is 23.3 Å². The summed E-state index contributed by atoms with van der Waals surface area (Å²) in [5, 5.41) is 75.1. The van der Waals surface area contributed by atoms with Gasteiger partial charge in [0.25, 0.3) is 0 Å². The molecule has 4 heterocycles. The molecule has 1 unspecified atom stereocenters. The zero-order valence-corrected chi connectivity index (χ0v) is 28.7. The number of hydrogen-bond acceptors (Lipinski definition) is 13. The maximum Gasteiger partial charge on any atom is 0.222 e. The summed E-state index contributed by atoms with van der Waals surface area (Å²) in [5.41, 5.74) is 0.338. The highest BCUT2D eigenvalue weighted by Gasteiger charge is 2.47. The number of aryl methyl sites for hydroxylation is 1. The van der Waals surface area contributed by atoms with Gasteiger partial charge in [0.1, 0.15) is 77.9 Å². The molecule has 0 saturated carbocycles. The molecular formula is C38H41N2O12+. The van der Waals surface area contributed by atoms with Crippen LogP contribution in [0.3, 0.4) is 0 Å². The number of nitrogens with zero attached hydrogens (tertiary/aromatic N) is 1. The van der Waals surface area contributed by atoms with Crippen molar-refractivity contribution in [1.29, 1.82) is 0 Å². The topological polar surface area (TPSA) is 216 Å². The quantitative estimate of drug-likeness (QED) is 0.0810. The molecule has 14 nitrogen and oxygen atoms in total. The Morgan fingerprint density at radius 2 is 1.87 bits per heavy atom. The molecule has 8 N–H and O–H groups in total. The van der Waals surface area contributed by atoms with Crippen molar-refractivity contribution in [3.63, 3.8) is 0 Å². The largest absolute Gasteiger partial charge is 0.508 e. The predicted molar refractivity (Wildman–Crippen MR) is 188 cm³/mol. The van der Waals surface area contributed by atoms with Crippen LogP contribution in [0.1, 0.15) is 30.7 Å². The number of hydrogen-bond donors (Lipinski definition) is 8. The Kier molecular flexibility index (Phi) is 9.21. The summed E-state index contributed by atoms with van der Waals surface area (Å²) >= 11 is 0. The van der Waals surface area contributed by atoms with Crippen molar-refractivity contribution in [2.45, 2.75) is 69.2 Å². The van der Waals surface area contributed by atoms with E-state index in [1.807, 2.05) is 12.3 Å². The molecule has 0 radical (unpaired) electrons. The van der Waals surface area contributed by atoms with Crippen molar-refractivity contribution in [3.8, 4) is 17.2 Å². The number of phenols is 2. The van der Waals surface area contributed by atoms with Gasteiger partial charge < -0.3 is 44.9 Å². The minimum Gasteiger partial charge on any atom is -0.508 e. The third-order valence-electron chi connectivity index (χ3n) is 10.1. The Labute approximate surface area is 297 Å². The lowest BCUT2D eigenvalue weighted by Gasteiger charge is -2.40. The van der Waals surface area contributed by atoms with Crippen LogP contribution in [0.15, 0.2) is 80.7 Å². The van der Waals surface area contributed by atoms with Gasteiger partial charge in [0.2, 0.25) is 11.3 Å². The van der Waals surface area contributed by atoms with Crippen LogP contribution in [0.2, 0.25) is 0 Å². The summed E-state index contributed by atoms with van der Waals surface area (Å²) in [6.07, 6.45) is -1.20. The van der Waals surface area contributed by atoms with Crippen molar-refractivity contribution in [1.82, 2.24) is 0 Å². The van der Waals surface area contributed by atoms with Gasteiger partial charge in [-0.05, 0) is 68.1 Å². The molecule has 3 aliphatic heterocycles. The molecule has 0 aliphatic carbocycles. The van der Waals surface area contributed by atoms with E-state index in [0.717, 1.165) is 16.2 Å². The maximum absolute atomic E-state index is 13.2. The lowest BCUT2D eigenvalue weighted by atomic mass is 9.84. The van der Waals surface area contributed by atoms with E-state index < -0.39 is 55.3 Å². The smallest absolute Gasteiger partial charge is 0.222 e. The van der Waals surface area contributed by atoms with Crippen molar-refractivity contribution < 1.29 is 59.6 Å². The average Bonchev–Trinajstić information content (AvgIpc) is 3.71. The number of quaternary nitrogens is 1. The van der Waals surface area contributed by atoms with E-state index in [0.29, 0.717) is 56.6 Å². The number of aliphatic hydroxyl groups is 5. The number of allylic oxidation sites excluding steroid dienone is 1.